The molecular weight excluding hydrogens is 134 g/mol. The highest BCUT2D eigenvalue weighted by molar-refractivity contribution is 5.03. The molecule has 1 heteroatoms. The zero-order valence-electron chi connectivity index (χ0n) is 7.60. The first-order valence-corrected chi connectivity index (χ1v) is 5.12. The molecule has 0 aromatic rings. The molecule has 0 radical (unpaired) electrons. The zero-order chi connectivity index (χ0) is 7.73. The minimum absolute atomic E-state index is 0.695. The van der Waals surface area contributed by atoms with Gasteiger partial charge in [-0.15, -0.1) is 0 Å². The van der Waals surface area contributed by atoms with Crippen LogP contribution in [0.3, 0.4) is 0 Å². The fourth-order valence-electron chi connectivity index (χ4n) is 2.41. The minimum atomic E-state index is 0.695. The van der Waals surface area contributed by atoms with Crippen molar-refractivity contribution in [2.75, 3.05) is 13.1 Å². The van der Waals surface area contributed by atoms with Crippen LogP contribution < -0.4 is 0 Å². The van der Waals surface area contributed by atoms with Crippen molar-refractivity contribution in [3.05, 3.63) is 0 Å². The van der Waals surface area contributed by atoms with Gasteiger partial charge in [0.2, 0.25) is 0 Å². The highest BCUT2D eigenvalue weighted by Gasteiger charge is 2.45. The maximum Gasteiger partial charge on any atom is 0.0208 e. The Balaban J connectivity index is 1.92. The van der Waals surface area contributed by atoms with Gasteiger partial charge in [-0.3, -0.25) is 4.90 Å². The molecule has 0 unspecified atom stereocenters. The van der Waals surface area contributed by atoms with Crippen LogP contribution in [0.25, 0.3) is 0 Å². The molecule has 1 saturated heterocycles. The van der Waals surface area contributed by atoms with Gasteiger partial charge in [-0.2, -0.15) is 0 Å². The molecule has 2 fully saturated rings. The van der Waals surface area contributed by atoms with E-state index >= 15 is 0 Å². The predicted octanol–water partition coefficient (Wildman–Crippen LogP) is 2.41. The van der Waals surface area contributed by atoms with Crippen LogP contribution in [0.2, 0.25) is 0 Å². The van der Waals surface area contributed by atoms with Gasteiger partial charge in [0.15, 0.2) is 0 Å². The quantitative estimate of drug-likeness (QED) is 0.589. The Hall–Kier alpha value is -0.0400. The van der Waals surface area contributed by atoms with Crippen molar-refractivity contribution in [3.8, 4) is 0 Å². The van der Waals surface area contributed by atoms with E-state index in [4.69, 9.17) is 0 Å². The van der Waals surface area contributed by atoms with Gasteiger partial charge in [0, 0.05) is 5.54 Å². The Morgan fingerprint density at radius 2 is 1.73 bits per heavy atom. The lowest BCUT2D eigenvalue weighted by molar-refractivity contribution is 0.141. The van der Waals surface area contributed by atoms with Gasteiger partial charge in [-0.1, -0.05) is 13.3 Å². The van der Waals surface area contributed by atoms with Crippen LogP contribution in [-0.2, 0) is 0 Å². The number of hydrogen-bond donors (Lipinski definition) is 0. The molecule has 0 N–H and O–H groups in total. The van der Waals surface area contributed by atoms with Crippen LogP contribution in [0.15, 0.2) is 0 Å². The highest BCUT2D eigenvalue weighted by atomic mass is 15.2. The van der Waals surface area contributed by atoms with Crippen LogP contribution in [-0.4, -0.2) is 23.5 Å². The molecule has 0 aromatic heterocycles. The van der Waals surface area contributed by atoms with E-state index in [1.807, 2.05) is 0 Å². The third kappa shape index (κ3) is 1.31. The Morgan fingerprint density at radius 3 is 2.18 bits per heavy atom. The molecule has 1 heterocycles. The van der Waals surface area contributed by atoms with Crippen molar-refractivity contribution in [2.24, 2.45) is 0 Å². The van der Waals surface area contributed by atoms with Crippen molar-refractivity contribution in [1.29, 1.82) is 0 Å². The first-order valence-electron chi connectivity index (χ1n) is 5.12. The summed E-state index contributed by atoms with van der Waals surface area (Å²) < 4.78 is 0. The Labute approximate surface area is 69.8 Å². The van der Waals surface area contributed by atoms with Crippen LogP contribution in [0.4, 0.5) is 0 Å². The highest BCUT2D eigenvalue weighted by Crippen LogP contribution is 2.45. The first kappa shape index (κ1) is 7.60. The van der Waals surface area contributed by atoms with E-state index in [0.29, 0.717) is 5.54 Å². The van der Waals surface area contributed by atoms with Gasteiger partial charge in [0.1, 0.15) is 0 Å². The average molecular weight is 153 g/mol. The second-order valence-electron chi connectivity index (χ2n) is 4.13. The summed E-state index contributed by atoms with van der Waals surface area (Å²) >= 11 is 0. The van der Waals surface area contributed by atoms with Crippen LogP contribution >= 0.6 is 0 Å². The topological polar surface area (TPSA) is 3.24 Å². The second-order valence-corrected chi connectivity index (χ2v) is 4.13. The monoisotopic (exact) mass is 153 g/mol. The molecule has 1 aliphatic heterocycles. The Bertz CT molecular complexity index is 132. The van der Waals surface area contributed by atoms with Gasteiger partial charge < -0.3 is 0 Å². The average Bonchev–Trinajstić information content (AvgIpc) is 2.86. The van der Waals surface area contributed by atoms with Crippen molar-refractivity contribution >= 4 is 0 Å². The molecule has 64 valence electrons. The smallest absolute Gasteiger partial charge is 0.0208 e. The van der Waals surface area contributed by atoms with E-state index in [0.717, 1.165) is 0 Å². The molecule has 0 amide bonds. The van der Waals surface area contributed by atoms with Crippen molar-refractivity contribution < 1.29 is 0 Å². The second kappa shape index (κ2) is 2.78. The summed E-state index contributed by atoms with van der Waals surface area (Å²) in [6, 6.07) is 0. The summed E-state index contributed by atoms with van der Waals surface area (Å²) in [7, 11) is 0. The van der Waals surface area contributed by atoms with Crippen molar-refractivity contribution in [3.63, 3.8) is 0 Å². The maximum absolute atomic E-state index is 2.75. The zero-order valence-corrected chi connectivity index (χ0v) is 7.60. The van der Waals surface area contributed by atoms with Gasteiger partial charge in [-0.25, -0.2) is 0 Å². The van der Waals surface area contributed by atoms with Crippen LogP contribution in [0, 0.1) is 0 Å². The summed E-state index contributed by atoms with van der Waals surface area (Å²) in [4.78, 5) is 2.75. The number of hydrogen-bond acceptors (Lipinski definition) is 1. The number of piperidine rings is 1. The molecule has 2 rings (SSSR count). The molecule has 0 spiro atoms. The third-order valence-electron chi connectivity index (χ3n) is 3.51. The Kier molecular flexibility index (Phi) is 1.92. The molecule has 0 aromatic carbocycles. The fourth-order valence-corrected chi connectivity index (χ4v) is 2.41. The lowest BCUT2D eigenvalue weighted by Crippen LogP contribution is -2.40. The molecule has 2 aliphatic rings. The molecule has 11 heavy (non-hydrogen) atoms. The summed E-state index contributed by atoms with van der Waals surface area (Å²) in [6.45, 7) is 5.11. The molecule has 1 aliphatic carbocycles. The molecular formula is C10H19N. The van der Waals surface area contributed by atoms with Crippen molar-refractivity contribution in [1.82, 2.24) is 4.90 Å². The van der Waals surface area contributed by atoms with Crippen LogP contribution in [0.1, 0.15) is 45.4 Å². The van der Waals surface area contributed by atoms with Gasteiger partial charge in [0.05, 0.1) is 0 Å². The molecule has 1 nitrogen and oxygen atoms in total. The summed E-state index contributed by atoms with van der Waals surface area (Å²) in [5, 5.41) is 0. The maximum atomic E-state index is 2.75. The molecule has 0 bridgehead atoms. The largest absolute Gasteiger partial charge is 0.298 e. The normalized spacial score (nSPS) is 30.3. The fraction of sp³-hybridized carbons (Fsp3) is 1.00. The molecule has 0 atom stereocenters. The third-order valence-corrected chi connectivity index (χ3v) is 3.51. The van der Waals surface area contributed by atoms with Crippen LogP contribution in [0.5, 0.6) is 0 Å². The van der Waals surface area contributed by atoms with E-state index < -0.39 is 0 Å². The lowest BCUT2D eigenvalue weighted by atomic mass is 10.1. The molecule has 1 saturated carbocycles. The SMILES string of the molecule is CCC1(N2CCCCC2)CC1. The summed E-state index contributed by atoms with van der Waals surface area (Å²) in [5.74, 6) is 0. The number of rotatable bonds is 2. The first-order chi connectivity index (χ1) is 5.37. The Morgan fingerprint density at radius 1 is 1.09 bits per heavy atom. The number of nitrogens with zero attached hydrogens (tertiary/aromatic N) is 1. The van der Waals surface area contributed by atoms with Crippen molar-refractivity contribution in [2.45, 2.75) is 51.0 Å². The number of likely N-dealkylation sites (tertiary alicyclic amines) is 1. The minimum Gasteiger partial charge on any atom is -0.298 e. The summed E-state index contributed by atoms with van der Waals surface area (Å²) in [5.41, 5.74) is 0.695. The predicted molar refractivity (Wildman–Crippen MR) is 47.7 cm³/mol. The van der Waals surface area contributed by atoms with E-state index in [9.17, 15) is 0 Å². The van der Waals surface area contributed by atoms with Gasteiger partial charge >= 0.3 is 0 Å². The van der Waals surface area contributed by atoms with E-state index in [1.165, 1.54) is 51.6 Å². The standard InChI is InChI=1S/C10H19N/c1-2-10(6-7-10)11-8-4-3-5-9-11/h2-9H2,1H3. The van der Waals surface area contributed by atoms with Gasteiger partial charge in [-0.05, 0) is 45.2 Å². The lowest BCUT2D eigenvalue weighted by Gasteiger charge is -2.34. The van der Waals surface area contributed by atoms with E-state index in [2.05, 4.69) is 11.8 Å². The van der Waals surface area contributed by atoms with E-state index in [-0.39, 0.29) is 0 Å². The van der Waals surface area contributed by atoms with E-state index in [1.54, 1.807) is 0 Å². The van der Waals surface area contributed by atoms with Gasteiger partial charge in [0.25, 0.3) is 0 Å². The summed E-state index contributed by atoms with van der Waals surface area (Å²) in [6.07, 6.45) is 8.69.